The van der Waals surface area contributed by atoms with E-state index in [2.05, 4.69) is 33.3 Å². The molecule has 0 saturated carbocycles. The lowest BCUT2D eigenvalue weighted by Crippen LogP contribution is -2.24. The van der Waals surface area contributed by atoms with Gasteiger partial charge in [0, 0.05) is 15.8 Å². The number of thiophene rings is 1. The van der Waals surface area contributed by atoms with E-state index >= 15 is 0 Å². The van der Waals surface area contributed by atoms with Gasteiger partial charge in [-0.1, -0.05) is 22.6 Å². The van der Waals surface area contributed by atoms with E-state index in [0.717, 1.165) is 24.0 Å². The molecule has 0 aliphatic carbocycles. The van der Waals surface area contributed by atoms with Crippen molar-refractivity contribution < 1.29 is 4.74 Å². The summed E-state index contributed by atoms with van der Waals surface area (Å²) < 4.78 is 6.87. The molecule has 2 rings (SSSR count). The van der Waals surface area contributed by atoms with Crippen LogP contribution in [-0.2, 0) is 15.6 Å². The molecule has 1 aromatic heterocycles. The maximum atomic E-state index is 5.75. The van der Waals surface area contributed by atoms with Crippen LogP contribution in [0.5, 0.6) is 0 Å². The van der Waals surface area contributed by atoms with E-state index in [9.17, 15) is 0 Å². The SMILES string of the molecule is CNCC1OCCc2c(CI)csc21. The molecule has 2 heterocycles. The molecule has 0 bridgehead atoms. The third kappa shape index (κ3) is 1.98. The van der Waals surface area contributed by atoms with Crippen molar-refractivity contribution in [2.24, 2.45) is 0 Å². The van der Waals surface area contributed by atoms with Gasteiger partial charge in [-0.05, 0) is 30.0 Å². The van der Waals surface area contributed by atoms with Gasteiger partial charge in [0.05, 0.1) is 6.61 Å². The molecule has 0 radical (unpaired) electrons. The summed E-state index contributed by atoms with van der Waals surface area (Å²) in [6.45, 7) is 1.80. The zero-order valence-corrected chi connectivity index (χ0v) is 11.2. The molecule has 1 aromatic rings. The van der Waals surface area contributed by atoms with Crippen molar-refractivity contribution >= 4 is 33.9 Å². The first-order valence-electron chi connectivity index (χ1n) is 4.78. The van der Waals surface area contributed by atoms with E-state index in [-0.39, 0.29) is 6.10 Å². The Kier molecular flexibility index (Phi) is 3.81. The van der Waals surface area contributed by atoms with Gasteiger partial charge in [0.15, 0.2) is 0 Å². The lowest BCUT2D eigenvalue weighted by Gasteiger charge is -2.23. The van der Waals surface area contributed by atoms with Crippen molar-refractivity contribution in [1.29, 1.82) is 0 Å². The van der Waals surface area contributed by atoms with E-state index in [4.69, 9.17) is 4.74 Å². The van der Waals surface area contributed by atoms with Gasteiger partial charge in [-0.3, -0.25) is 0 Å². The molecule has 0 spiro atoms. The average Bonchev–Trinajstić information content (AvgIpc) is 2.62. The van der Waals surface area contributed by atoms with Crippen molar-refractivity contribution in [1.82, 2.24) is 5.32 Å². The summed E-state index contributed by atoms with van der Waals surface area (Å²) in [5, 5.41) is 5.47. The molecular formula is C10H14INOS. The number of fused-ring (bicyclic) bond motifs is 1. The van der Waals surface area contributed by atoms with Crippen LogP contribution < -0.4 is 5.32 Å². The van der Waals surface area contributed by atoms with Gasteiger partial charge in [-0.15, -0.1) is 11.3 Å². The maximum absolute atomic E-state index is 5.75. The summed E-state index contributed by atoms with van der Waals surface area (Å²) in [5.74, 6) is 0. The number of hydrogen-bond acceptors (Lipinski definition) is 3. The molecule has 1 aliphatic rings. The minimum Gasteiger partial charge on any atom is -0.371 e. The van der Waals surface area contributed by atoms with E-state index in [1.165, 1.54) is 10.4 Å². The van der Waals surface area contributed by atoms with Crippen molar-refractivity contribution in [2.75, 3.05) is 20.2 Å². The first kappa shape index (κ1) is 10.9. The molecule has 1 unspecified atom stereocenters. The highest BCUT2D eigenvalue weighted by Crippen LogP contribution is 2.35. The first-order chi connectivity index (χ1) is 6.86. The van der Waals surface area contributed by atoms with Crippen LogP contribution in [0.15, 0.2) is 5.38 Å². The molecule has 4 heteroatoms. The Labute approximate surface area is 102 Å². The third-order valence-corrected chi connectivity index (χ3v) is 4.50. The molecule has 1 N–H and O–H groups in total. The Balaban J connectivity index is 2.26. The second-order valence-corrected chi connectivity index (χ2v) is 5.08. The van der Waals surface area contributed by atoms with Crippen molar-refractivity contribution in [3.63, 3.8) is 0 Å². The van der Waals surface area contributed by atoms with Crippen LogP contribution in [0.4, 0.5) is 0 Å². The molecule has 0 fully saturated rings. The molecule has 2 nitrogen and oxygen atoms in total. The zero-order chi connectivity index (χ0) is 9.97. The van der Waals surface area contributed by atoms with Gasteiger partial charge >= 0.3 is 0 Å². The maximum Gasteiger partial charge on any atom is 0.104 e. The molecule has 0 aromatic carbocycles. The van der Waals surface area contributed by atoms with E-state index in [0.29, 0.717) is 0 Å². The van der Waals surface area contributed by atoms with Crippen LogP contribution in [0, 0.1) is 0 Å². The Morgan fingerprint density at radius 2 is 2.57 bits per heavy atom. The summed E-state index contributed by atoms with van der Waals surface area (Å²) in [6, 6.07) is 0. The average molecular weight is 323 g/mol. The van der Waals surface area contributed by atoms with Gasteiger partial charge in [0.25, 0.3) is 0 Å². The minimum absolute atomic E-state index is 0.283. The normalized spacial score (nSPS) is 20.9. The monoisotopic (exact) mass is 323 g/mol. The second-order valence-electron chi connectivity index (χ2n) is 3.40. The van der Waals surface area contributed by atoms with Crippen LogP contribution in [0.25, 0.3) is 0 Å². The molecule has 0 saturated heterocycles. The van der Waals surface area contributed by atoms with E-state index in [1.54, 1.807) is 5.56 Å². The Hall–Kier alpha value is 0.350. The number of hydrogen-bond donors (Lipinski definition) is 1. The fourth-order valence-electron chi connectivity index (χ4n) is 1.82. The molecule has 78 valence electrons. The van der Waals surface area contributed by atoms with Crippen LogP contribution in [0.2, 0.25) is 0 Å². The Morgan fingerprint density at radius 1 is 1.71 bits per heavy atom. The van der Waals surface area contributed by atoms with E-state index < -0.39 is 0 Å². The first-order valence-corrected chi connectivity index (χ1v) is 7.18. The zero-order valence-electron chi connectivity index (χ0n) is 8.18. The van der Waals surface area contributed by atoms with Gasteiger partial charge in [0.2, 0.25) is 0 Å². The Bertz CT molecular complexity index is 313. The fourth-order valence-corrected chi connectivity index (χ4v) is 3.97. The van der Waals surface area contributed by atoms with Crippen LogP contribution in [0.3, 0.4) is 0 Å². The molecule has 1 aliphatic heterocycles. The Morgan fingerprint density at radius 3 is 3.29 bits per heavy atom. The number of ether oxygens (including phenoxy) is 1. The number of alkyl halides is 1. The largest absolute Gasteiger partial charge is 0.371 e. The predicted octanol–water partition coefficient (Wildman–Crippen LogP) is 2.52. The summed E-state index contributed by atoms with van der Waals surface area (Å²) in [6.07, 6.45) is 1.38. The van der Waals surface area contributed by atoms with Crippen LogP contribution in [0.1, 0.15) is 22.1 Å². The molecule has 14 heavy (non-hydrogen) atoms. The highest BCUT2D eigenvalue weighted by atomic mass is 127. The van der Waals surface area contributed by atoms with Gasteiger partial charge in [-0.25, -0.2) is 0 Å². The van der Waals surface area contributed by atoms with Crippen molar-refractivity contribution in [3.8, 4) is 0 Å². The standard InChI is InChI=1S/C10H14INOS/c1-12-5-9-10-8(2-3-13-9)7(4-11)6-14-10/h6,9,12H,2-5H2,1H3. The lowest BCUT2D eigenvalue weighted by molar-refractivity contribution is 0.0467. The minimum atomic E-state index is 0.283. The highest BCUT2D eigenvalue weighted by Gasteiger charge is 2.23. The topological polar surface area (TPSA) is 21.3 Å². The van der Waals surface area contributed by atoms with Crippen LogP contribution >= 0.6 is 33.9 Å². The number of halogens is 1. The summed E-state index contributed by atoms with van der Waals surface area (Å²) in [7, 11) is 1.98. The molecule has 1 atom stereocenters. The summed E-state index contributed by atoms with van der Waals surface area (Å²) in [5.41, 5.74) is 3.06. The van der Waals surface area contributed by atoms with Gasteiger partial charge < -0.3 is 10.1 Å². The predicted molar refractivity (Wildman–Crippen MR) is 68.4 cm³/mol. The van der Waals surface area contributed by atoms with Gasteiger partial charge in [-0.2, -0.15) is 0 Å². The number of rotatable bonds is 3. The highest BCUT2D eigenvalue weighted by molar-refractivity contribution is 14.1. The van der Waals surface area contributed by atoms with Crippen molar-refractivity contribution in [3.05, 3.63) is 21.4 Å². The number of nitrogens with one attached hydrogen (secondary N) is 1. The van der Waals surface area contributed by atoms with E-state index in [1.807, 2.05) is 18.4 Å². The quantitative estimate of drug-likeness (QED) is 0.682. The third-order valence-electron chi connectivity index (χ3n) is 2.51. The lowest BCUT2D eigenvalue weighted by atomic mass is 10.0. The van der Waals surface area contributed by atoms with Crippen molar-refractivity contribution in [2.45, 2.75) is 17.0 Å². The van der Waals surface area contributed by atoms with Crippen LogP contribution in [-0.4, -0.2) is 20.2 Å². The van der Waals surface area contributed by atoms with Gasteiger partial charge in [0.1, 0.15) is 6.10 Å². The summed E-state index contributed by atoms with van der Waals surface area (Å²) in [4.78, 5) is 1.44. The number of likely N-dealkylation sites (N-methyl/N-ethyl adjacent to an activating group) is 1. The smallest absolute Gasteiger partial charge is 0.104 e. The summed E-state index contributed by atoms with van der Waals surface area (Å²) >= 11 is 4.29. The molecule has 0 amide bonds. The molecular weight excluding hydrogens is 309 g/mol. The fraction of sp³-hybridized carbons (Fsp3) is 0.600. The second kappa shape index (κ2) is 4.92.